The predicted octanol–water partition coefficient (Wildman–Crippen LogP) is 4.86. The molecule has 2 aromatic carbocycles. The average Bonchev–Trinajstić information content (AvgIpc) is 2.35. The van der Waals surface area contributed by atoms with E-state index in [1.165, 1.54) is 12.1 Å². The monoisotopic (exact) mass is 324 g/mol. The van der Waals surface area contributed by atoms with Gasteiger partial charge in [0.05, 0.1) is 20.7 Å². The molecular weight excluding hydrogens is 319 g/mol. The van der Waals surface area contributed by atoms with Crippen molar-refractivity contribution in [1.29, 1.82) is 5.26 Å². The van der Waals surface area contributed by atoms with Crippen molar-refractivity contribution < 1.29 is 4.39 Å². The number of benzene rings is 2. The lowest BCUT2D eigenvalue weighted by molar-refractivity contribution is 0.624. The second-order valence-corrected chi connectivity index (χ2v) is 4.73. The summed E-state index contributed by atoms with van der Waals surface area (Å²) in [6, 6.07) is 11.4. The van der Waals surface area contributed by atoms with Crippen LogP contribution < -0.4 is 5.32 Å². The number of anilines is 2. The van der Waals surface area contributed by atoms with Gasteiger partial charge in [-0.3, -0.25) is 0 Å². The van der Waals surface area contributed by atoms with E-state index >= 15 is 0 Å². The molecule has 1 N–H and O–H groups in total. The van der Waals surface area contributed by atoms with Crippen LogP contribution in [0.25, 0.3) is 0 Å². The van der Waals surface area contributed by atoms with E-state index in [0.29, 0.717) is 15.2 Å². The van der Waals surface area contributed by atoms with Crippen molar-refractivity contribution in [2.75, 3.05) is 5.32 Å². The van der Waals surface area contributed by atoms with Crippen LogP contribution in [0, 0.1) is 17.1 Å². The highest BCUT2D eigenvalue weighted by Crippen LogP contribution is 2.32. The molecule has 0 saturated carbocycles. The largest absolute Gasteiger partial charge is 0.354 e. The highest BCUT2D eigenvalue weighted by atomic mass is 79.9. The fraction of sp³-hybridized carbons (Fsp3) is 0. The van der Waals surface area contributed by atoms with Gasteiger partial charge in [0.1, 0.15) is 11.9 Å². The molecule has 2 rings (SSSR count). The summed E-state index contributed by atoms with van der Waals surface area (Å²) in [6.45, 7) is 0. The third kappa shape index (κ3) is 2.63. The minimum absolute atomic E-state index is 0.0192. The highest BCUT2D eigenvalue weighted by molar-refractivity contribution is 9.10. The van der Waals surface area contributed by atoms with Crippen molar-refractivity contribution in [3.05, 3.63) is 57.3 Å². The maximum atomic E-state index is 13.4. The Morgan fingerprint density at radius 1 is 1.28 bits per heavy atom. The molecule has 0 aromatic heterocycles. The fourth-order valence-electron chi connectivity index (χ4n) is 1.44. The second kappa shape index (κ2) is 5.38. The van der Waals surface area contributed by atoms with Crippen molar-refractivity contribution >= 4 is 38.9 Å². The van der Waals surface area contributed by atoms with Gasteiger partial charge in [0, 0.05) is 5.69 Å². The van der Waals surface area contributed by atoms with Crippen LogP contribution in [0.4, 0.5) is 15.8 Å². The number of hydrogen-bond donors (Lipinski definition) is 1. The maximum absolute atomic E-state index is 13.4. The van der Waals surface area contributed by atoms with Crippen LogP contribution in [0.1, 0.15) is 5.56 Å². The van der Waals surface area contributed by atoms with Gasteiger partial charge in [-0.25, -0.2) is 4.39 Å². The van der Waals surface area contributed by atoms with Crippen molar-refractivity contribution in [2.24, 2.45) is 0 Å². The first-order chi connectivity index (χ1) is 8.61. The van der Waals surface area contributed by atoms with Crippen molar-refractivity contribution in [1.82, 2.24) is 0 Å². The van der Waals surface area contributed by atoms with Crippen molar-refractivity contribution in [3.63, 3.8) is 0 Å². The van der Waals surface area contributed by atoms with Gasteiger partial charge in [-0.1, -0.05) is 17.7 Å². The minimum atomic E-state index is -0.555. The molecule has 0 aliphatic carbocycles. The third-order valence-electron chi connectivity index (χ3n) is 2.32. The van der Waals surface area contributed by atoms with Gasteiger partial charge in [0.15, 0.2) is 0 Å². The van der Waals surface area contributed by atoms with Crippen LogP contribution in [0.3, 0.4) is 0 Å². The first kappa shape index (κ1) is 12.9. The Hall–Kier alpha value is -1.57. The Bertz CT molecular complexity index is 637. The molecule has 0 radical (unpaired) electrons. The summed E-state index contributed by atoms with van der Waals surface area (Å²) in [4.78, 5) is 0. The fourth-order valence-corrected chi connectivity index (χ4v) is 1.98. The zero-order valence-corrected chi connectivity index (χ0v) is 11.4. The van der Waals surface area contributed by atoms with E-state index < -0.39 is 5.82 Å². The molecule has 0 aliphatic heterocycles. The zero-order chi connectivity index (χ0) is 13.1. The first-order valence-corrected chi connectivity index (χ1v) is 6.19. The lowest BCUT2D eigenvalue weighted by Gasteiger charge is -2.09. The van der Waals surface area contributed by atoms with Gasteiger partial charge in [-0.05, 0) is 46.3 Å². The van der Waals surface area contributed by atoms with Crippen LogP contribution in [0.5, 0.6) is 0 Å². The zero-order valence-electron chi connectivity index (χ0n) is 9.05. The van der Waals surface area contributed by atoms with Gasteiger partial charge in [-0.15, -0.1) is 0 Å². The molecule has 90 valence electrons. The molecule has 0 atom stereocenters. The standard InChI is InChI=1S/C13H7BrClFN2/c14-13-10(15)2-1-3-12(13)18-9-5-4-8(7-17)11(16)6-9/h1-6,18H. The topological polar surface area (TPSA) is 35.8 Å². The Labute approximate surface area is 117 Å². The molecule has 2 nitrogen and oxygen atoms in total. The molecule has 18 heavy (non-hydrogen) atoms. The normalized spacial score (nSPS) is 9.89. The van der Waals surface area contributed by atoms with Gasteiger partial charge < -0.3 is 5.32 Å². The molecule has 0 aliphatic rings. The Morgan fingerprint density at radius 2 is 2.06 bits per heavy atom. The van der Waals surface area contributed by atoms with Crippen LogP contribution >= 0.6 is 27.5 Å². The quantitative estimate of drug-likeness (QED) is 0.856. The first-order valence-electron chi connectivity index (χ1n) is 5.02. The van der Waals surface area contributed by atoms with Crippen molar-refractivity contribution in [2.45, 2.75) is 0 Å². The summed E-state index contributed by atoms with van der Waals surface area (Å²) in [7, 11) is 0. The molecule has 0 unspecified atom stereocenters. The smallest absolute Gasteiger partial charge is 0.143 e. The lowest BCUT2D eigenvalue weighted by Crippen LogP contribution is -1.93. The number of nitrogens with one attached hydrogen (secondary N) is 1. The van der Waals surface area contributed by atoms with Crippen LogP contribution in [0.15, 0.2) is 40.9 Å². The molecule has 5 heteroatoms. The van der Waals surface area contributed by atoms with E-state index in [2.05, 4.69) is 21.2 Å². The van der Waals surface area contributed by atoms with Crippen LogP contribution in [-0.2, 0) is 0 Å². The molecule has 0 spiro atoms. The summed E-state index contributed by atoms with van der Waals surface area (Å²) in [5.74, 6) is -0.555. The second-order valence-electron chi connectivity index (χ2n) is 3.53. The van der Waals surface area contributed by atoms with Crippen LogP contribution in [0.2, 0.25) is 5.02 Å². The summed E-state index contributed by atoms with van der Waals surface area (Å²) < 4.78 is 14.1. The number of nitrogens with zero attached hydrogens (tertiary/aromatic N) is 1. The molecule has 0 fully saturated rings. The van der Waals surface area contributed by atoms with E-state index in [4.69, 9.17) is 16.9 Å². The Balaban J connectivity index is 2.32. The highest BCUT2D eigenvalue weighted by Gasteiger charge is 2.06. The minimum Gasteiger partial charge on any atom is -0.354 e. The summed E-state index contributed by atoms with van der Waals surface area (Å²) in [6.07, 6.45) is 0. The summed E-state index contributed by atoms with van der Waals surface area (Å²) in [5.41, 5.74) is 1.30. The molecule has 0 saturated heterocycles. The van der Waals surface area contributed by atoms with Gasteiger partial charge in [0.2, 0.25) is 0 Å². The number of hydrogen-bond acceptors (Lipinski definition) is 2. The van der Waals surface area contributed by atoms with Crippen molar-refractivity contribution in [3.8, 4) is 6.07 Å². The average molecular weight is 326 g/mol. The lowest BCUT2D eigenvalue weighted by atomic mass is 10.2. The molecule has 2 aromatic rings. The van der Waals surface area contributed by atoms with Gasteiger partial charge in [-0.2, -0.15) is 5.26 Å². The third-order valence-corrected chi connectivity index (χ3v) is 3.72. The van der Waals surface area contributed by atoms with Crippen LogP contribution in [-0.4, -0.2) is 0 Å². The van der Waals surface area contributed by atoms with E-state index in [0.717, 1.165) is 5.69 Å². The molecule has 0 amide bonds. The number of halogens is 3. The molecule has 0 heterocycles. The summed E-state index contributed by atoms with van der Waals surface area (Å²) >= 11 is 9.30. The van der Waals surface area contributed by atoms with Gasteiger partial charge >= 0.3 is 0 Å². The Morgan fingerprint density at radius 3 is 2.72 bits per heavy atom. The van der Waals surface area contributed by atoms with Gasteiger partial charge in [0.25, 0.3) is 0 Å². The van der Waals surface area contributed by atoms with E-state index in [-0.39, 0.29) is 5.56 Å². The van der Waals surface area contributed by atoms with E-state index in [9.17, 15) is 4.39 Å². The number of rotatable bonds is 2. The summed E-state index contributed by atoms with van der Waals surface area (Å²) in [5, 5.41) is 12.2. The predicted molar refractivity (Wildman–Crippen MR) is 73.5 cm³/mol. The van der Waals surface area contributed by atoms with E-state index in [1.807, 2.05) is 6.07 Å². The number of nitriles is 1. The molecular formula is C13H7BrClFN2. The SMILES string of the molecule is N#Cc1ccc(Nc2cccc(Cl)c2Br)cc1F. The van der Waals surface area contributed by atoms with E-state index in [1.54, 1.807) is 24.3 Å². The maximum Gasteiger partial charge on any atom is 0.143 e. The molecule has 0 bridgehead atoms. The Kier molecular flexibility index (Phi) is 3.85.